The second-order valence-electron chi connectivity index (χ2n) is 5.60. The Balaban J connectivity index is 2.13. The Morgan fingerprint density at radius 2 is 2.05 bits per heavy atom. The summed E-state index contributed by atoms with van der Waals surface area (Å²) in [5.41, 5.74) is 0.150. The quantitative estimate of drug-likeness (QED) is 0.900. The van der Waals surface area contributed by atoms with Crippen LogP contribution in [-0.2, 0) is 6.54 Å². The number of likely N-dealkylation sites (N-methyl/N-ethyl adjacent to an activating group) is 1. The van der Waals surface area contributed by atoms with E-state index in [0.29, 0.717) is 13.1 Å². The lowest BCUT2D eigenvalue weighted by Gasteiger charge is -2.24. The van der Waals surface area contributed by atoms with E-state index >= 15 is 0 Å². The fourth-order valence-electron chi connectivity index (χ4n) is 2.26. The number of fused-ring (bicyclic) bond motifs is 1. The summed E-state index contributed by atoms with van der Waals surface area (Å²) in [6, 6.07) is 7.76. The monoisotopic (exact) mass is 263 g/mol. The maximum Gasteiger partial charge on any atom is 0.134 e. The van der Waals surface area contributed by atoms with Crippen LogP contribution in [-0.4, -0.2) is 36.3 Å². The Morgan fingerprint density at radius 1 is 1.32 bits per heavy atom. The van der Waals surface area contributed by atoms with Gasteiger partial charge in [0.15, 0.2) is 0 Å². The van der Waals surface area contributed by atoms with Crippen LogP contribution < -0.4 is 4.74 Å². The Kier molecular flexibility index (Phi) is 3.83. The lowest BCUT2D eigenvalue weighted by molar-refractivity contribution is 0.0409. The summed E-state index contributed by atoms with van der Waals surface area (Å²) in [5.74, 6) is 1.71. The Bertz CT molecular complexity index is 554. The predicted octanol–water partition coefficient (Wildman–Crippen LogP) is 2.64. The van der Waals surface area contributed by atoms with Crippen molar-refractivity contribution in [2.24, 2.45) is 0 Å². The molecule has 4 heteroatoms. The predicted molar refractivity (Wildman–Crippen MR) is 75.4 cm³/mol. The standard InChI is InChI=1S/C15H21NO3/c1-15(2,17)10-16(3)9-13-8-11-7-12(18-4)5-6-14(11)19-13/h5-8,17H,9-10H2,1-4H3. The highest BCUT2D eigenvalue weighted by molar-refractivity contribution is 5.79. The van der Waals surface area contributed by atoms with Crippen LogP contribution in [0.1, 0.15) is 19.6 Å². The first-order valence-electron chi connectivity index (χ1n) is 6.35. The average molecular weight is 263 g/mol. The second kappa shape index (κ2) is 5.23. The van der Waals surface area contributed by atoms with Crippen molar-refractivity contribution in [2.75, 3.05) is 20.7 Å². The van der Waals surface area contributed by atoms with Crippen molar-refractivity contribution in [3.63, 3.8) is 0 Å². The minimum Gasteiger partial charge on any atom is -0.497 e. The summed E-state index contributed by atoms with van der Waals surface area (Å²) in [5, 5.41) is 10.8. The molecule has 1 aromatic carbocycles. The number of rotatable bonds is 5. The van der Waals surface area contributed by atoms with Crippen LogP contribution >= 0.6 is 0 Å². The number of ether oxygens (including phenoxy) is 1. The minimum atomic E-state index is -0.704. The van der Waals surface area contributed by atoms with Gasteiger partial charge in [0.2, 0.25) is 0 Å². The summed E-state index contributed by atoms with van der Waals surface area (Å²) in [6.07, 6.45) is 0. The summed E-state index contributed by atoms with van der Waals surface area (Å²) in [4.78, 5) is 2.04. The molecule has 0 bridgehead atoms. The van der Waals surface area contributed by atoms with Crippen molar-refractivity contribution in [3.8, 4) is 5.75 Å². The van der Waals surface area contributed by atoms with Gasteiger partial charge >= 0.3 is 0 Å². The van der Waals surface area contributed by atoms with Crippen molar-refractivity contribution in [1.29, 1.82) is 0 Å². The van der Waals surface area contributed by atoms with Gasteiger partial charge in [0, 0.05) is 11.9 Å². The molecule has 1 aromatic heterocycles. The number of hydrogen-bond donors (Lipinski definition) is 1. The summed E-state index contributed by atoms with van der Waals surface area (Å²) >= 11 is 0. The zero-order chi connectivity index (χ0) is 14.0. The molecule has 0 unspecified atom stereocenters. The number of nitrogens with zero attached hydrogens (tertiary/aromatic N) is 1. The third-order valence-electron chi connectivity index (χ3n) is 2.86. The third-order valence-corrected chi connectivity index (χ3v) is 2.86. The van der Waals surface area contributed by atoms with Gasteiger partial charge in [-0.05, 0) is 45.2 Å². The Hall–Kier alpha value is -1.52. The van der Waals surface area contributed by atoms with Crippen molar-refractivity contribution >= 4 is 11.0 Å². The molecule has 0 saturated carbocycles. The van der Waals surface area contributed by atoms with E-state index in [9.17, 15) is 5.11 Å². The molecule has 0 atom stereocenters. The maximum atomic E-state index is 9.79. The normalized spacial score (nSPS) is 12.3. The van der Waals surface area contributed by atoms with Crippen LogP contribution in [0.2, 0.25) is 0 Å². The third kappa shape index (κ3) is 3.72. The molecule has 0 aliphatic heterocycles. The molecule has 2 aromatic rings. The van der Waals surface area contributed by atoms with Gasteiger partial charge in [-0.25, -0.2) is 0 Å². The van der Waals surface area contributed by atoms with E-state index in [1.807, 2.05) is 36.2 Å². The second-order valence-corrected chi connectivity index (χ2v) is 5.60. The van der Waals surface area contributed by atoms with E-state index in [1.165, 1.54) is 0 Å². The van der Waals surface area contributed by atoms with Crippen LogP contribution in [0.4, 0.5) is 0 Å². The highest BCUT2D eigenvalue weighted by atomic mass is 16.5. The van der Waals surface area contributed by atoms with Crippen molar-refractivity contribution in [1.82, 2.24) is 4.90 Å². The average Bonchev–Trinajstić information content (AvgIpc) is 2.66. The SMILES string of the molecule is COc1ccc2oc(CN(C)CC(C)(C)O)cc2c1. The molecule has 4 nitrogen and oxygen atoms in total. The molecule has 0 aliphatic carbocycles. The largest absolute Gasteiger partial charge is 0.497 e. The van der Waals surface area contributed by atoms with Crippen LogP contribution in [0, 0.1) is 0 Å². The molecule has 0 radical (unpaired) electrons. The molecule has 0 fully saturated rings. The number of benzene rings is 1. The molecule has 0 saturated heterocycles. The van der Waals surface area contributed by atoms with E-state index < -0.39 is 5.60 Å². The van der Waals surface area contributed by atoms with Gasteiger partial charge < -0.3 is 14.3 Å². The fourth-order valence-corrected chi connectivity index (χ4v) is 2.26. The molecule has 19 heavy (non-hydrogen) atoms. The lowest BCUT2D eigenvalue weighted by atomic mass is 10.1. The van der Waals surface area contributed by atoms with Crippen molar-refractivity contribution < 1.29 is 14.3 Å². The van der Waals surface area contributed by atoms with Crippen LogP contribution in [0.15, 0.2) is 28.7 Å². The highest BCUT2D eigenvalue weighted by Gasteiger charge is 2.16. The number of furan rings is 1. The van der Waals surface area contributed by atoms with Gasteiger partial charge in [0.1, 0.15) is 17.1 Å². The van der Waals surface area contributed by atoms with Gasteiger partial charge in [-0.1, -0.05) is 0 Å². The first-order chi connectivity index (χ1) is 8.87. The smallest absolute Gasteiger partial charge is 0.134 e. The summed E-state index contributed by atoms with van der Waals surface area (Å²) in [6.45, 7) is 4.86. The molecular weight excluding hydrogens is 242 g/mol. The van der Waals surface area contributed by atoms with Crippen LogP contribution in [0.25, 0.3) is 11.0 Å². The molecule has 0 amide bonds. The van der Waals surface area contributed by atoms with E-state index in [0.717, 1.165) is 22.5 Å². The summed E-state index contributed by atoms with van der Waals surface area (Å²) in [7, 11) is 3.62. The molecule has 1 heterocycles. The van der Waals surface area contributed by atoms with E-state index in [1.54, 1.807) is 21.0 Å². The first kappa shape index (κ1) is 13.9. The van der Waals surface area contributed by atoms with E-state index in [2.05, 4.69) is 0 Å². The molecule has 104 valence electrons. The zero-order valence-electron chi connectivity index (χ0n) is 11.9. The Labute approximate surface area is 113 Å². The maximum absolute atomic E-state index is 9.79. The Morgan fingerprint density at radius 3 is 2.68 bits per heavy atom. The van der Waals surface area contributed by atoms with Gasteiger partial charge in [-0.2, -0.15) is 0 Å². The van der Waals surface area contributed by atoms with Gasteiger partial charge in [0.05, 0.1) is 19.3 Å². The van der Waals surface area contributed by atoms with Crippen molar-refractivity contribution in [3.05, 3.63) is 30.0 Å². The lowest BCUT2D eigenvalue weighted by Crippen LogP contribution is -2.35. The van der Waals surface area contributed by atoms with Crippen LogP contribution in [0.3, 0.4) is 0 Å². The minimum absolute atomic E-state index is 0.591. The van der Waals surface area contributed by atoms with Crippen LogP contribution in [0.5, 0.6) is 5.75 Å². The summed E-state index contributed by atoms with van der Waals surface area (Å²) < 4.78 is 11.0. The van der Waals surface area contributed by atoms with Gasteiger partial charge in [0.25, 0.3) is 0 Å². The molecule has 2 rings (SSSR count). The molecule has 0 aliphatic rings. The topological polar surface area (TPSA) is 45.8 Å². The number of hydrogen-bond acceptors (Lipinski definition) is 4. The first-order valence-corrected chi connectivity index (χ1v) is 6.35. The number of methoxy groups -OCH3 is 1. The highest BCUT2D eigenvalue weighted by Crippen LogP contribution is 2.24. The number of aliphatic hydroxyl groups is 1. The van der Waals surface area contributed by atoms with Crippen molar-refractivity contribution in [2.45, 2.75) is 26.0 Å². The zero-order valence-corrected chi connectivity index (χ0v) is 11.9. The van der Waals surface area contributed by atoms with E-state index in [-0.39, 0.29) is 0 Å². The van der Waals surface area contributed by atoms with Gasteiger partial charge in [-0.3, -0.25) is 4.90 Å². The van der Waals surface area contributed by atoms with E-state index in [4.69, 9.17) is 9.15 Å². The molecule has 0 spiro atoms. The molecule has 1 N–H and O–H groups in total. The fraction of sp³-hybridized carbons (Fsp3) is 0.467. The van der Waals surface area contributed by atoms with Gasteiger partial charge in [-0.15, -0.1) is 0 Å². The molecular formula is C15H21NO3.